The highest BCUT2D eigenvalue weighted by Crippen LogP contribution is 2.46. The Morgan fingerprint density at radius 1 is 1.00 bits per heavy atom. The molecular weight excluding hydrogens is 258 g/mol. The van der Waals surface area contributed by atoms with Crippen molar-refractivity contribution in [1.82, 2.24) is 4.90 Å². The van der Waals surface area contributed by atoms with Crippen molar-refractivity contribution in [2.24, 2.45) is 0 Å². The topological polar surface area (TPSA) is 23.5 Å². The average molecular weight is 281 g/mol. The molecular formula is C19H23NO. The van der Waals surface area contributed by atoms with Crippen LogP contribution in [0.2, 0.25) is 0 Å². The number of hydrogen-bond acceptors (Lipinski definition) is 2. The number of piperidine rings is 1. The number of aliphatic hydroxyl groups is 1. The zero-order valence-electron chi connectivity index (χ0n) is 12.8. The maximum atomic E-state index is 11.4. The van der Waals surface area contributed by atoms with Crippen LogP contribution in [0.3, 0.4) is 0 Å². The van der Waals surface area contributed by atoms with Gasteiger partial charge in [-0.1, -0.05) is 36.4 Å². The van der Waals surface area contributed by atoms with E-state index < -0.39 is 5.60 Å². The Labute approximate surface area is 126 Å². The van der Waals surface area contributed by atoms with E-state index in [4.69, 9.17) is 0 Å². The molecule has 2 aliphatic rings. The lowest BCUT2D eigenvalue weighted by Gasteiger charge is -2.43. The predicted octanol–water partition coefficient (Wildman–Crippen LogP) is 3.59. The van der Waals surface area contributed by atoms with Crippen molar-refractivity contribution in [1.29, 1.82) is 0 Å². The molecule has 2 fully saturated rings. The van der Waals surface area contributed by atoms with Gasteiger partial charge in [0.15, 0.2) is 0 Å². The van der Waals surface area contributed by atoms with Gasteiger partial charge in [-0.3, -0.25) is 0 Å². The molecule has 2 nitrogen and oxygen atoms in total. The van der Waals surface area contributed by atoms with Crippen LogP contribution in [0.15, 0.2) is 36.4 Å². The third-order valence-electron chi connectivity index (χ3n) is 5.78. The predicted molar refractivity (Wildman–Crippen MR) is 86.4 cm³/mol. The van der Waals surface area contributed by atoms with Crippen LogP contribution in [0.4, 0.5) is 0 Å². The second-order valence-electron chi connectivity index (χ2n) is 6.97. The fourth-order valence-electron chi connectivity index (χ4n) is 4.52. The van der Waals surface area contributed by atoms with Gasteiger partial charge < -0.3 is 10.0 Å². The minimum atomic E-state index is -0.661. The first kappa shape index (κ1) is 13.3. The Balaban J connectivity index is 1.85. The zero-order chi connectivity index (χ0) is 14.6. The van der Waals surface area contributed by atoms with Gasteiger partial charge in [-0.25, -0.2) is 0 Å². The molecule has 0 amide bonds. The first-order valence-corrected chi connectivity index (χ1v) is 8.02. The van der Waals surface area contributed by atoms with Crippen LogP contribution < -0.4 is 0 Å². The standard InChI is InChI=1S/C19H23NO/c1-13-7-10-18(17-6-4-3-5-16(13)17)19(21)11-14-8-9-15(12-19)20(14)2/h3-7,10,14-15,21H,8-9,11-12H2,1-2H3. The normalized spacial score (nSPS) is 32.7. The fourth-order valence-corrected chi connectivity index (χ4v) is 4.52. The Morgan fingerprint density at radius 2 is 1.62 bits per heavy atom. The lowest BCUT2D eigenvalue weighted by atomic mass is 9.78. The number of hydrogen-bond donors (Lipinski definition) is 1. The van der Waals surface area contributed by atoms with Gasteiger partial charge in [-0.15, -0.1) is 0 Å². The molecule has 2 saturated heterocycles. The van der Waals surface area contributed by atoms with Crippen LogP contribution in [-0.4, -0.2) is 29.1 Å². The fraction of sp³-hybridized carbons (Fsp3) is 0.474. The van der Waals surface area contributed by atoms with E-state index in [0.29, 0.717) is 12.1 Å². The molecule has 0 radical (unpaired) electrons. The number of benzene rings is 2. The Bertz CT molecular complexity index is 679. The second-order valence-corrected chi connectivity index (χ2v) is 6.97. The molecule has 0 saturated carbocycles. The molecule has 2 heterocycles. The van der Waals surface area contributed by atoms with E-state index in [-0.39, 0.29) is 0 Å². The maximum absolute atomic E-state index is 11.4. The molecule has 0 spiro atoms. The van der Waals surface area contributed by atoms with Crippen LogP contribution in [0.25, 0.3) is 10.8 Å². The first-order valence-electron chi connectivity index (χ1n) is 8.02. The molecule has 1 N–H and O–H groups in total. The highest BCUT2D eigenvalue weighted by atomic mass is 16.3. The van der Waals surface area contributed by atoms with Gasteiger partial charge in [0, 0.05) is 12.1 Å². The number of rotatable bonds is 1. The maximum Gasteiger partial charge on any atom is 0.0932 e. The van der Waals surface area contributed by atoms with E-state index in [1.807, 2.05) is 0 Å². The summed E-state index contributed by atoms with van der Waals surface area (Å²) in [6.45, 7) is 2.15. The summed E-state index contributed by atoms with van der Waals surface area (Å²) in [6.07, 6.45) is 4.20. The lowest BCUT2D eigenvalue weighted by Crippen LogP contribution is -2.47. The average Bonchev–Trinajstić information content (AvgIpc) is 2.71. The van der Waals surface area contributed by atoms with Gasteiger partial charge in [-0.05, 0) is 61.6 Å². The summed E-state index contributed by atoms with van der Waals surface area (Å²) >= 11 is 0. The monoisotopic (exact) mass is 281 g/mol. The van der Waals surface area contributed by atoms with Gasteiger partial charge >= 0.3 is 0 Å². The Morgan fingerprint density at radius 3 is 2.29 bits per heavy atom. The molecule has 4 rings (SSSR count). The lowest BCUT2D eigenvalue weighted by molar-refractivity contribution is -0.0482. The van der Waals surface area contributed by atoms with Crippen molar-refractivity contribution in [3.63, 3.8) is 0 Å². The summed E-state index contributed by atoms with van der Waals surface area (Å²) in [5.41, 5.74) is 1.76. The van der Waals surface area contributed by atoms with E-state index in [9.17, 15) is 5.11 Å². The van der Waals surface area contributed by atoms with Crippen LogP contribution >= 0.6 is 0 Å². The van der Waals surface area contributed by atoms with Crippen molar-refractivity contribution < 1.29 is 5.11 Å². The van der Waals surface area contributed by atoms with Crippen molar-refractivity contribution in [2.75, 3.05) is 7.05 Å². The summed E-state index contributed by atoms with van der Waals surface area (Å²) < 4.78 is 0. The van der Waals surface area contributed by atoms with Gasteiger partial charge in [0.25, 0.3) is 0 Å². The summed E-state index contributed by atoms with van der Waals surface area (Å²) in [6, 6.07) is 13.9. The van der Waals surface area contributed by atoms with Gasteiger partial charge in [0.2, 0.25) is 0 Å². The first-order chi connectivity index (χ1) is 10.1. The van der Waals surface area contributed by atoms with Gasteiger partial charge in [0.1, 0.15) is 0 Å². The molecule has 2 heteroatoms. The summed E-state index contributed by atoms with van der Waals surface area (Å²) in [4.78, 5) is 2.48. The molecule has 21 heavy (non-hydrogen) atoms. The summed E-state index contributed by atoms with van der Waals surface area (Å²) in [7, 11) is 2.22. The molecule has 0 aromatic heterocycles. The minimum Gasteiger partial charge on any atom is -0.385 e. The van der Waals surface area contributed by atoms with Crippen LogP contribution in [0.1, 0.15) is 36.8 Å². The number of fused-ring (bicyclic) bond motifs is 3. The van der Waals surface area contributed by atoms with Crippen molar-refractivity contribution in [2.45, 2.75) is 50.3 Å². The molecule has 2 aliphatic heterocycles. The molecule has 110 valence electrons. The highest BCUT2D eigenvalue weighted by Gasteiger charge is 2.47. The third kappa shape index (κ3) is 1.93. The Kier molecular flexibility index (Phi) is 2.88. The van der Waals surface area contributed by atoms with Gasteiger partial charge in [-0.2, -0.15) is 0 Å². The van der Waals surface area contributed by atoms with Gasteiger partial charge in [0.05, 0.1) is 5.60 Å². The summed E-state index contributed by atoms with van der Waals surface area (Å²) in [5.74, 6) is 0. The van der Waals surface area contributed by atoms with Crippen LogP contribution in [-0.2, 0) is 5.60 Å². The quantitative estimate of drug-likeness (QED) is 0.863. The SMILES string of the molecule is Cc1ccc(C2(O)CC3CCC(C2)N3C)c2ccccc12. The second kappa shape index (κ2) is 4.56. The third-order valence-corrected chi connectivity index (χ3v) is 5.78. The van der Waals surface area contributed by atoms with Crippen LogP contribution in [0.5, 0.6) is 0 Å². The molecule has 2 bridgehead atoms. The molecule has 2 aromatic rings. The van der Waals surface area contributed by atoms with Crippen LogP contribution in [0, 0.1) is 6.92 Å². The van der Waals surface area contributed by atoms with Crippen molar-refractivity contribution in [3.8, 4) is 0 Å². The smallest absolute Gasteiger partial charge is 0.0932 e. The largest absolute Gasteiger partial charge is 0.385 e. The van der Waals surface area contributed by atoms with Crippen molar-refractivity contribution >= 4 is 10.8 Å². The molecule has 0 aliphatic carbocycles. The Hall–Kier alpha value is -1.38. The van der Waals surface area contributed by atoms with E-state index in [2.05, 4.69) is 55.3 Å². The van der Waals surface area contributed by atoms with E-state index >= 15 is 0 Å². The summed E-state index contributed by atoms with van der Waals surface area (Å²) in [5, 5.41) is 13.9. The molecule has 2 atom stereocenters. The van der Waals surface area contributed by atoms with E-state index in [0.717, 1.165) is 18.4 Å². The minimum absolute atomic E-state index is 0.536. The zero-order valence-corrected chi connectivity index (χ0v) is 12.8. The number of nitrogens with zero attached hydrogens (tertiary/aromatic N) is 1. The van der Waals surface area contributed by atoms with Crippen molar-refractivity contribution in [3.05, 3.63) is 47.5 Å². The molecule has 2 unspecified atom stereocenters. The highest BCUT2D eigenvalue weighted by molar-refractivity contribution is 5.89. The van der Waals surface area contributed by atoms with E-state index in [1.54, 1.807) is 0 Å². The number of aryl methyl sites for hydroxylation is 1. The van der Waals surface area contributed by atoms with E-state index in [1.165, 1.54) is 29.2 Å². The molecule has 2 aromatic carbocycles.